The van der Waals surface area contributed by atoms with E-state index in [9.17, 15) is 0 Å². The summed E-state index contributed by atoms with van der Waals surface area (Å²) in [6.45, 7) is 4.35. The Balaban J connectivity index is 2.33. The standard InChI is InChI=1S/C15H26O/c1-2-14-16-15-12-10-8-6-4-3-5-7-9-11-13-15/h2,12H,1,3-11,13-14H2/b15-12+. The Morgan fingerprint density at radius 2 is 1.62 bits per heavy atom. The summed E-state index contributed by atoms with van der Waals surface area (Å²) in [7, 11) is 0. The second-order valence-corrected chi connectivity index (χ2v) is 4.64. The first kappa shape index (κ1) is 13.3. The van der Waals surface area contributed by atoms with Gasteiger partial charge in [0.1, 0.15) is 6.61 Å². The third-order valence-corrected chi connectivity index (χ3v) is 3.14. The highest BCUT2D eigenvalue weighted by molar-refractivity contribution is 4.94. The molecule has 92 valence electrons. The van der Waals surface area contributed by atoms with Crippen LogP contribution < -0.4 is 0 Å². The average molecular weight is 222 g/mol. The second kappa shape index (κ2) is 9.50. The van der Waals surface area contributed by atoms with Gasteiger partial charge in [-0.2, -0.15) is 0 Å². The third kappa shape index (κ3) is 6.71. The fraction of sp³-hybridized carbons (Fsp3) is 0.733. The second-order valence-electron chi connectivity index (χ2n) is 4.64. The summed E-state index contributed by atoms with van der Waals surface area (Å²) < 4.78 is 5.68. The lowest BCUT2D eigenvalue weighted by molar-refractivity contribution is 0.231. The summed E-state index contributed by atoms with van der Waals surface area (Å²) in [5.41, 5.74) is 0. The summed E-state index contributed by atoms with van der Waals surface area (Å²) in [4.78, 5) is 0. The summed E-state index contributed by atoms with van der Waals surface area (Å²) >= 11 is 0. The maximum atomic E-state index is 5.68. The van der Waals surface area contributed by atoms with E-state index >= 15 is 0 Å². The zero-order valence-electron chi connectivity index (χ0n) is 10.5. The van der Waals surface area contributed by atoms with Gasteiger partial charge in [0.15, 0.2) is 0 Å². The van der Waals surface area contributed by atoms with Gasteiger partial charge in [-0.3, -0.25) is 0 Å². The van der Waals surface area contributed by atoms with Crippen molar-refractivity contribution in [1.82, 2.24) is 0 Å². The highest BCUT2D eigenvalue weighted by Gasteiger charge is 2.00. The minimum absolute atomic E-state index is 0.659. The average Bonchev–Trinajstić information content (AvgIpc) is 2.28. The largest absolute Gasteiger partial charge is 0.494 e. The van der Waals surface area contributed by atoms with Crippen LogP contribution in [-0.4, -0.2) is 6.61 Å². The molecule has 0 bridgehead atoms. The molecular formula is C15H26O. The quantitative estimate of drug-likeness (QED) is 0.611. The lowest BCUT2D eigenvalue weighted by atomic mass is 10.0. The van der Waals surface area contributed by atoms with Crippen molar-refractivity contribution >= 4 is 0 Å². The lowest BCUT2D eigenvalue weighted by Gasteiger charge is -2.10. The van der Waals surface area contributed by atoms with Crippen molar-refractivity contribution < 1.29 is 4.74 Å². The van der Waals surface area contributed by atoms with Crippen molar-refractivity contribution in [2.24, 2.45) is 0 Å². The molecule has 0 saturated carbocycles. The fourth-order valence-electron chi connectivity index (χ4n) is 2.17. The molecule has 0 atom stereocenters. The van der Waals surface area contributed by atoms with E-state index in [0.717, 1.165) is 6.42 Å². The monoisotopic (exact) mass is 222 g/mol. The fourth-order valence-corrected chi connectivity index (χ4v) is 2.17. The molecule has 0 aliphatic heterocycles. The van der Waals surface area contributed by atoms with Crippen molar-refractivity contribution in [2.75, 3.05) is 6.61 Å². The van der Waals surface area contributed by atoms with Gasteiger partial charge in [0.05, 0.1) is 5.76 Å². The van der Waals surface area contributed by atoms with E-state index in [-0.39, 0.29) is 0 Å². The van der Waals surface area contributed by atoms with Gasteiger partial charge >= 0.3 is 0 Å². The molecule has 1 nitrogen and oxygen atoms in total. The Labute approximate surface area is 101 Å². The third-order valence-electron chi connectivity index (χ3n) is 3.14. The summed E-state index contributed by atoms with van der Waals surface area (Å²) in [5.74, 6) is 1.19. The predicted octanol–water partition coefficient (Wildman–Crippen LogP) is 4.99. The van der Waals surface area contributed by atoms with E-state index in [1.807, 2.05) is 6.08 Å². The first-order valence-electron chi connectivity index (χ1n) is 6.86. The van der Waals surface area contributed by atoms with E-state index in [4.69, 9.17) is 4.74 Å². The number of ether oxygens (including phenoxy) is 1. The van der Waals surface area contributed by atoms with Gasteiger partial charge in [0.2, 0.25) is 0 Å². The Morgan fingerprint density at radius 1 is 1.00 bits per heavy atom. The molecule has 1 rings (SSSR count). The van der Waals surface area contributed by atoms with Crippen LogP contribution in [0.1, 0.15) is 64.2 Å². The van der Waals surface area contributed by atoms with Crippen LogP contribution in [0.15, 0.2) is 24.5 Å². The molecule has 0 heterocycles. The molecule has 0 aromatic rings. The zero-order chi connectivity index (χ0) is 11.5. The van der Waals surface area contributed by atoms with Crippen molar-refractivity contribution in [3.05, 3.63) is 24.5 Å². The van der Waals surface area contributed by atoms with E-state index in [2.05, 4.69) is 12.7 Å². The minimum Gasteiger partial charge on any atom is -0.494 e. The van der Waals surface area contributed by atoms with Crippen LogP contribution in [0.25, 0.3) is 0 Å². The van der Waals surface area contributed by atoms with Gasteiger partial charge in [0.25, 0.3) is 0 Å². The Kier molecular flexibility index (Phi) is 7.93. The van der Waals surface area contributed by atoms with Gasteiger partial charge < -0.3 is 4.74 Å². The maximum Gasteiger partial charge on any atom is 0.106 e. The van der Waals surface area contributed by atoms with Crippen molar-refractivity contribution in [3.63, 3.8) is 0 Å². The molecule has 0 saturated heterocycles. The van der Waals surface area contributed by atoms with Crippen molar-refractivity contribution in [2.45, 2.75) is 64.2 Å². The maximum absolute atomic E-state index is 5.68. The number of allylic oxidation sites excluding steroid dienone is 2. The van der Waals surface area contributed by atoms with Crippen LogP contribution in [0.4, 0.5) is 0 Å². The molecule has 0 fully saturated rings. The molecule has 1 aliphatic carbocycles. The predicted molar refractivity (Wildman–Crippen MR) is 70.4 cm³/mol. The first-order valence-corrected chi connectivity index (χ1v) is 6.86. The molecule has 1 heteroatoms. The molecule has 0 N–H and O–H groups in total. The van der Waals surface area contributed by atoms with E-state index in [0.29, 0.717) is 6.61 Å². The first-order chi connectivity index (χ1) is 7.93. The molecule has 0 radical (unpaired) electrons. The number of hydrogen-bond donors (Lipinski definition) is 0. The van der Waals surface area contributed by atoms with Crippen LogP contribution in [0.5, 0.6) is 0 Å². The number of rotatable bonds is 3. The van der Waals surface area contributed by atoms with Crippen molar-refractivity contribution in [1.29, 1.82) is 0 Å². The summed E-state index contributed by atoms with van der Waals surface area (Å²) in [6.07, 6.45) is 17.4. The Hall–Kier alpha value is -0.720. The Bertz CT molecular complexity index is 205. The van der Waals surface area contributed by atoms with Crippen LogP contribution in [0.2, 0.25) is 0 Å². The van der Waals surface area contributed by atoms with E-state index in [1.165, 1.54) is 63.5 Å². The molecule has 0 amide bonds. The minimum atomic E-state index is 0.659. The van der Waals surface area contributed by atoms with Crippen LogP contribution in [-0.2, 0) is 4.74 Å². The SMILES string of the molecule is C=CCO/C1=C/CCCCCCCCCC1. The van der Waals surface area contributed by atoms with Gasteiger partial charge in [0, 0.05) is 6.42 Å². The summed E-state index contributed by atoms with van der Waals surface area (Å²) in [5, 5.41) is 0. The van der Waals surface area contributed by atoms with Gasteiger partial charge in [-0.05, 0) is 25.3 Å². The van der Waals surface area contributed by atoms with Crippen LogP contribution in [0.3, 0.4) is 0 Å². The number of hydrogen-bond acceptors (Lipinski definition) is 1. The highest BCUT2D eigenvalue weighted by Crippen LogP contribution is 2.17. The molecular weight excluding hydrogens is 196 g/mol. The highest BCUT2D eigenvalue weighted by atomic mass is 16.5. The molecule has 0 aromatic carbocycles. The topological polar surface area (TPSA) is 9.23 Å². The molecule has 0 unspecified atom stereocenters. The van der Waals surface area contributed by atoms with Gasteiger partial charge in [-0.25, -0.2) is 0 Å². The van der Waals surface area contributed by atoms with Gasteiger partial charge in [-0.15, -0.1) is 0 Å². The molecule has 0 aromatic heterocycles. The Morgan fingerprint density at radius 3 is 2.31 bits per heavy atom. The van der Waals surface area contributed by atoms with E-state index < -0.39 is 0 Å². The van der Waals surface area contributed by atoms with Crippen molar-refractivity contribution in [3.8, 4) is 0 Å². The van der Waals surface area contributed by atoms with E-state index in [1.54, 1.807) is 0 Å². The summed E-state index contributed by atoms with van der Waals surface area (Å²) in [6, 6.07) is 0. The zero-order valence-corrected chi connectivity index (χ0v) is 10.5. The molecule has 16 heavy (non-hydrogen) atoms. The molecule has 0 spiro atoms. The normalized spacial score (nSPS) is 23.4. The lowest BCUT2D eigenvalue weighted by Crippen LogP contribution is -1.94. The van der Waals surface area contributed by atoms with Gasteiger partial charge in [-0.1, -0.05) is 51.2 Å². The van der Waals surface area contributed by atoms with Crippen LogP contribution in [0, 0.1) is 0 Å². The molecule has 1 aliphatic rings. The smallest absolute Gasteiger partial charge is 0.106 e. The van der Waals surface area contributed by atoms with Crippen LogP contribution >= 0.6 is 0 Å².